The van der Waals surface area contributed by atoms with Crippen LogP contribution >= 0.6 is 22.7 Å². The largest absolute Gasteiger partial charge is 0.496 e. The molecule has 4 aromatic rings. The standard InChI is InChI=1S/C26H28N4O2S2/c1-26(2,3)15-9-10-18-14(11-15)12-17-21(27)22(34-24(17)28-18)23(31)30-25-29-19(13-33-25)16-7-5-6-8-20(16)32-4/h5-8,12-13,15H,9-11,27H2,1-4H3,(H,29,30,31). The Kier molecular flexibility index (Phi) is 5.81. The zero-order chi connectivity index (χ0) is 24.0. The molecule has 6 nitrogen and oxygen atoms in total. The number of hydrogen-bond donors (Lipinski definition) is 2. The van der Waals surface area contributed by atoms with E-state index in [1.807, 2.05) is 29.6 Å². The molecule has 1 atom stereocenters. The van der Waals surface area contributed by atoms with Crippen LogP contribution in [-0.4, -0.2) is 23.0 Å². The summed E-state index contributed by atoms with van der Waals surface area (Å²) in [7, 11) is 1.63. The zero-order valence-corrected chi connectivity index (χ0v) is 21.4. The average molecular weight is 493 g/mol. The van der Waals surface area contributed by atoms with E-state index < -0.39 is 0 Å². The first kappa shape index (κ1) is 22.8. The lowest BCUT2D eigenvalue weighted by Gasteiger charge is -2.34. The number of pyridine rings is 1. The molecule has 8 heteroatoms. The SMILES string of the molecule is COc1ccccc1-c1csc(NC(=O)c2sc3nc4c(cc3c2N)CC(C(C)(C)C)CC4)n1. The van der Waals surface area contributed by atoms with E-state index in [1.54, 1.807) is 7.11 Å². The summed E-state index contributed by atoms with van der Waals surface area (Å²) < 4.78 is 5.43. The number of methoxy groups -OCH3 is 1. The van der Waals surface area contributed by atoms with Crippen molar-refractivity contribution < 1.29 is 9.53 Å². The highest BCUT2D eigenvalue weighted by Gasteiger charge is 2.30. The topological polar surface area (TPSA) is 90.1 Å². The summed E-state index contributed by atoms with van der Waals surface area (Å²) in [6.07, 6.45) is 3.11. The molecule has 1 aliphatic rings. The van der Waals surface area contributed by atoms with Crippen molar-refractivity contribution in [3.63, 3.8) is 0 Å². The Bertz CT molecular complexity index is 1380. The number of fused-ring (bicyclic) bond motifs is 2. The number of aromatic nitrogens is 2. The Labute approximate surface area is 207 Å². The van der Waals surface area contributed by atoms with Gasteiger partial charge in [-0.25, -0.2) is 9.97 Å². The number of amides is 1. The number of carbonyl (C=O) groups excluding carboxylic acids is 1. The number of thiophene rings is 1. The fraction of sp³-hybridized carbons (Fsp3) is 0.346. The van der Waals surface area contributed by atoms with Gasteiger partial charge in [0.05, 0.1) is 18.5 Å². The van der Waals surface area contributed by atoms with Crippen LogP contribution in [0.1, 0.15) is 48.1 Å². The number of rotatable bonds is 4. The van der Waals surface area contributed by atoms with E-state index in [4.69, 9.17) is 15.5 Å². The summed E-state index contributed by atoms with van der Waals surface area (Å²) >= 11 is 2.72. The summed E-state index contributed by atoms with van der Waals surface area (Å²) in [6.45, 7) is 6.90. The third kappa shape index (κ3) is 4.16. The molecule has 1 unspecified atom stereocenters. The van der Waals surface area contributed by atoms with Gasteiger partial charge in [-0.15, -0.1) is 22.7 Å². The van der Waals surface area contributed by atoms with Crippen molar-refractivity contribution in [1.82, 2.24) is 9.97 Å². The summed E-state index contributed by atoms with van der Waals surface area (Å²) in [4.78, 5) is 23.9. The lowest BCUT2D eigenvalue weighted by atomic mass is 9.71. The Morgan fingerprint density at radius 3 is 2.79 bits per heavy atom. The van der Waals surface area contributed by atoms with E-state index in [9.17, 15) is 4.79 Å². The number of thiazole rings is 1. The second kappa shape index (κ2) is 8.67. The number of carbonyl (C=O) groups is 1. The third-order valence-electron chi connectivity index (χ3n) is 6.62. The van der Waals surface area contributed by atoms with Crippen LogP contribution in [0.5, 0.6) is 5.75 Å². The number of anilines is 2. The van der Waals surface area contributed by atoms with Crippen LogP contribution in [-0.2, 0) is 12.8 Å². The lowest BCUT2D eigenvalue weighted by molar-refractivity contribution is 0.103. The Hall–Kier alpha value is -2.97. The molecule has 0 bridgehead atoms. The number of benzene rings is 1. The molecular formula is C26H28N4O2S2. The quantitative estimate of drug-likeness (QED) is 0.343. The van der Waals surface area contributed by atoms with Crippen molar-refractivity contribution in [2.75, 3.05) is 18.2 Å². The number of para-hydroxylation sites is 1. The Morgan fingerprint density at radius 1 is 1.24 bits per heavy atom. The molecule has 3 aromatic heterocycles. The van der Waals surface area contributed by atoms with Crippen LogP contribution in [0.25, 0.3) is 21.5 Å². The molecule has 0 saturated carbocycles. The molecule has 0 aliphatic heterocycles. The van der Waals surface area contributed by atoms with Gasteiger partial charge in [0.1, 0.15) is 15.5 Å². The van der Waals surface area contributed by atoms with Gasteiger partial charge in [0.15, 0.2) is 5.13 Å². The van der Waals surface area contributed by atoms with E-state index in [-0.39, 0.29) is 11.3 Å². The van der Waals surface area contributed by atoms with Crippen molar-refractivity contribution in [3.05, 3.63) is 51.8 Å². The number of nitrogens with two attached hydrogens (primary N) is 1. The summed E-state index contributed by atoms with van der Waals surface area (Å²) in [5.41, 5.74) is 11.2. The monoisotopic (exact) mass is 492 g/mol. The molecule has 1 aliphatic carbocycles. The number of ether oxygens (including phenoxy) is 1. The smallest absolute Gasteiger partial charge is 0.269 e. The van der Waals surface area contributed by atoms with Crippen LogP contribution < -0.4 is 15.8 Å². The fourth-order valence-electron chi connectivity index (χ4n) is 4.56. The van der Waals surface area contributed by atoms with Crippen molar-refractivity contribution in [2.24, 2.45) is 11.3 Å². The normalized spacial score (nSPS) is 15.8. The summed E-state index contributed by atoms with van der Waals surface area (Å²) in [5.74, 6) is 1.10. The van der Waals surface area contributed by atoms with Crippen LogP contribution in [0, 0.1) is 11.3 Å². The van der Waals surface area contributed by atoms with Gasteiger partial charge in [0.25, 0.3) is 5.91 Å². The molecule has 0 radical (unpaired) electrons. The second-order valence-electron chi connectivity index (χ2n) is 9.79. The van der Waals surface area contributed by atoms with Gasteiger partial charge < -0.3 is 10.5 Å². The van der Waals surface area contributed by atoms with Gasteiger partial charge in [-0.1, -0.05) is 32.9 Å². The highest BCUT2D eigenvalue weighted by molar-refractivity contribution is 7.21. The molecule has 3 N–H and O–H groups in total. The van der Waals surface area contributed by atoms with Gasteiger partial charge >= 0.3 is 0 Å². The number of nitrogen functional groups attached to an aromatic ring is 1. The van der Waals surface area contributed by atoms with Crippen LogP contribution in [0.2, 0.25) is 0 Å². The van der Waals surface area contributed by atoms with E-state index in [0.717, 1.165) is 52.2 Å². The van der Waals surface area contributed by atoms with Gasteiger partial charge in [0.2, 0.25) is 0 Å². The van der Waals surface area contributed by atoms with Crippen molar-refractivity contribution in [2.45, 2.75) is 40.0 Å². The molecule has 34 heavy (non-hydrogen) atoms. The molecule has 5 rings (SSSR count). The van der Waals surface area contributed by atoms with E-state index in [2.05, 4.69) is 37.1 Å². The van der Waals surface area contributed by atoms with Crippen molar-refractivity contribution >= 4 is 49.6 Å². The molecule has 0 fully saturated rings. The van der Waals surface area contributed by atoms with Crippen molar-refractivity contribution in [1.29, 1.82) is 0 Å². The zero-order valence-electron chi connectivity index (χ0n) is 19.8. The molecule has 1 amide bonds. The molecule has 176 valence electrons. The first-order valence-electron chi connectivity index (χ1n) is 11.4. The number of nitrogens with one attached hydrogen (secondary N) is 1. The highest BCUT2D eigenvalue weighted by Crippen LogP contribution is 2.41. The van der Waals surface area contributed by atoms with Crippen LogP contribution in [0.3, 0.4) is 0 Å². The van der Waals surface area contributed by atoms with Gasteiger partial charge in [0, 0.05) is 22.0 Å². The van der Waals surface area contributed by atoms with Gasteiger partial charge in [-0.2, -0.15) is 0 Å². The van der Waals surface area contributed by atoms with Gasteiger partial charge in [-0.3, -0.25) is 10.1 Å². The first-order chi connectivity index (χ1) is 16.2. The highest BCUT2D eigenvalue weighted by atomic mass is 32.1. The minimum Gasteiger partial charge on any atom is -0.496 e. The van der Waals surface area contributed by atoms with E-state index in [0.29, 0.717) is 21.6 Å². The Morgan fingerprint density at radius 2 is 2.03 bits per heavy atom. The van der Waals surface area contributed by atoms with E-state index in [1.165, 1.54) is 28.2 Å². The third-order valence-corrected chi connectivity index (χ3v) is 8.50. The first-order valence-corrected chi connectivity index (χ1v) is 13.0. The summed E-state index contributed by atoms with van der Waals surface area (Å²) in [6, 6.07) is 9.84. The Balaban J connectivity index is 1.40. The maximum absolute atomic E-state index is 13.1. The van der Waals surface area contributed by atoms with Crippen molar-refractivity contribution in [3.8, 4) is 17.0 Å². The summed E-state index contributed by atoms with van der Waals surface area (Å²) in [5, 5.41) is 6.21. The second-order valence-corrected chi connectivity index (χ2v) is 11.6. The van der Waals surface area contributed by atoms with Crippen LogP contribution in [0.15, 0.2) is 35.7 Å². The predicted octanol–water partition coefficient (Wildman–Crippen LogP) is 6.41. The van der Waals surface area contributed by atoms with Gasteiger partial charge in [-0.05, 0) is 54.4 Å². The molecule has 0 saturated heterocycles. The lowest BCUT2D eigenvalue weighted by Crippen LogP contribution is -2.27. The fourth-order valence-corrected chi connectivity index (χ4v) is 6.26. The molecular weight excluding hydrogens is 464 g/mol. The minimum atomic E-state index is -0.257. The predicted molar refractivity (Wildman–Crippen MR) is 141 cm³/mol. The number of aryl methyl sites for hydroxylation is 1. The average Bonchev–Trinajstić information content (AvgIpc) is 3.41. The maximum atomic E-state index is 13.1. The van der Waals surface area contributed by atoms with E-state index >= 15 is 0 Å². The molecule has 0 spiro atoms. The number of nitrogens with zero attached hydrogens (tertiary/aromatic N) is 2. The maximum Gasteiger partial charge on any atom is 0.269 e. The minimum absolute atomic E-state index is 0.257. The van der Waals surface area contributed by atoms with Crippen LogP contribution in [0.4, 0.5) is 10.8 Å². The number of hydrogen-bond acceptors (Lipinski definition) is 7. The molecule has 3 heterocycles. The molecule has 1 aromatic carbocycles.